The van der Waals surface area contributed by atoms with Crippen molar-refractivity contribution in [3.63, 3.8) is 0 Å². The van der Waals surface area contributed by atoms with Crippen LogP contribution in [0.25, 0.3) is 17.4 Å². The highest BCUT2D eigenvalue weighted by molar-refractivity contribution is 6.32. The fourth-order valence-corrected chi connectivity index (χ4v) is 2.53. The zero-order valence-corrected chi connectivity index (χ0v) is 12.8. The van der Waals surface area contributed by atoms with Crippen molar-refractivity contribution < 1.29 is 14.0 Å². The Hall–Kier alpha value is -3.41. The Balaban J connectivity index is 1.66. The summed E-state index contributed by atoms with van der Waals surface area (Å²) in [5.41, 5.74) is 1.06. The molecule has 0 radical (unpaired) electrons. The summed E-state index contributed by atoms with van der Waals surface area (Å²) in [4.78, 5) is 21.5. The van der Waals surface area contributed by atoms with E-state index in [1.807, 2.05) is 36.4 Å². The number of hydrogen-bond donors (Lipinski definition) is 1. The number of benzene rings is 1. The summed E-state index contributed by atoms with van der Waals surface area (Å²) in [5, 5.41) is 9.40. The molecule has 3 heterocycles. The fraction of sp³-hybridized carbons (Fsp3) is 0.0556. The summed E-state index contributed by atoms with van der Waals surface area (Å²) in [7, 11) is 0. The summed E-state index contributed by atoms with van der Waals surface area (Å²) >= 11 is 0. The molecule has 0 saturated carbocycles. The van der Waals surface area contributed by atoms with E-state index in [1.54, 1.807) is 19.1 Å². The molecule has 118 valence electrons. The van der Waals surface area contributed by atoms with Crippen molar-refractivity contribution in [1.29, 1.82) is 5.41 Å². The van der Waals surface area contributed by atoms with E-state index in [0.717, 1.165) is 5.56 Å². The van der Waals surface area contributed by atoms with Gasteiger partial charge in [0.2, 0.25) is 0 Å². The minimum absolute atomic E-state index is 0.0595. The third-order valence-electron chi connectivity index (χ3n) is 3.65. The maximum atomic E-state index is 12.2. The van der Waals surface area contributed by atoms with Crippen LogP contribution in [0.3, 0.4) is 0 Å². The van der Waals surface area contributed by atoms with Gasteiger partial charge in [-0.1, -0.05) is 30.3 Å². The second-order valence-electron chi connectivity index (χ2n) is 5.39. The van der Waals surface area contributed by atoms with Gasteiger partial charge in [-0.2, -0.15) is 4.99 Å². The number of nitrogens with one attached hydrogen (secondary N) is 1. The van der Waals surface area contributed by atoms with Crippen LogP contribution in [0.1, 0.15) is 12.7 Å². The van der Waals surface area contributed by atoms with Crippen molar-refractivity contribution >= 4 is 23.7 Å². The molecule has 0 fully saturated rings. The number of rotatable bonds is 2. The monoisotopic (exact) mass is 319 g/mol. The van der Waals surface area contributed by atoms with Gasteiger partial charge in [0.1, 0.15) is 17.3 Å². The molecule has 2 aliphatic rings. The lowest BCUT2D eigenvalue weighted by Crippen LogP contribution is -2.38. The molecule has 24 heavy (non-hydrogen) atoms. The highest BCUT2D eigenvalue weighted by atomic mass is 16.7. The van der Waals surface area contributed by atoms with Crippen molar-refractivity contribution in [2.75, 3.05) is 0 Å². The van der Waals surface area contributed by atoms with Gasteiger partial charge < -0.3 is 9.25 Å². The maximum absolute atomic E-state index is 12.2. The van der Waals surface area contributed by atoms with Gasteiger partial charge in [0, 0.05) is 11.6 Å². The first-order valence-electron chi connectivity index (χ1n) is 7.37. The van der Waals surface area contributed by atoms with Crippen LogP contribution in [0.5, 0.6) is 0 Å². The summed E-state index contributed by atoms with van der Waals surface area (Å²) in [6.45, 7) is 1.74. The highest BCUT2D eigenvalue weighted by Gasteiger charge is 2.34. The lowest BCUT2D eigenvalue weighted by atomic mass is 10.1. The number of aliphatic imine (C=N–C) groups is 1. The molecule has 0 atom stereocenters. The molecule has 0 unspecified atom stereocenters. The predicted octanol–water partition coefficient (Wildman–Crippen LogP) is 3.40. The number of fused-ring (bicyclic) bond motifs is 1. The molecule has 4 rings (SSSR count). The molecule has 6 heteroatoms. The van der Waals surface area contributed by atoms with Gasteiger partial charge in [-0.3, -0.25) is 10.2 Å². The van der Waals surface area contributed by atoms with E-state index in [-0.39, 0.29) is 11.4 Å². The molecule has 2 aromatic rings. The number of furan rings is 1. The van der Waals surface area contributed by atoms with Crippen molar-refractivity contribution in [1.82, 2.24) is 5.06 Å². The van der Waals surface area contributed by atoms with E-state index in [1.165, 1.54) is 11.1 Å². The molecular formula is C18H13N3O3. The Morgan fingerprint density at radius 1 is 1.17 bits per heavy atom. The van der Waals surface area contributed by atoms with Gasteiger partial charge in [-0.05, 0) is 25.1 Å². The maximum Gasteiger partial charge on any atom is 0.283 e. The molecule has 1 amide bonds. The SMILES string of the molecule is CC1=CC2=NC(=O)/C(=C/c3ccc(-c4ccccc4)o3)C(=N)N2O1. The molecular weight excluding hydrogens is 306 g/mol. The first-order chi connectivity index (χ1) is 11.6. The number of hydroxylamine groups is 2. The molecule has 0 spiro atoms. The zero-order valence-electron chi connectivity index (χ0n) is 12.8. The van der Waals surface area contributed by atoms with Crippen LogP contribution >= 0.6 is 0 Å². The fourth-order valence-electron chi connectivity index (χ4n) is 2.53. The van der Waals surface area contributed by atoms with Crippen LogP contribution in [-0.2, 0) is 9.63 Å². The smallest absolute Gasteiger partial charge is 0.283 e. The Morgan fingerprint density at radius 3 is 2.75 bits per heavy atom. The van der Waals surface area contributed by atoms with Crippen molar-refractivity contribution in [2.45, 2.75) is 6.92 Å². The van der Waals surface area contributed by atoms with E-state index >= 15 is 0 Å². The zero-order chi connectivity index (χ0) is 16.7. The second-order valence-corrected chi connectivity index (χ2v) is 5.39. The molecule has 1 aromatic carbocycles. The molecule has 0 saturated heterocycles. The first-order valence-corrected chi connectivity index (χ1v) is 7.37. The largest absolute Gasteiger partial charge is 0.457 e. The van der Waals surface area contributed by atoms with E-state index in [0.29, 0.717) is 23.1 Å². The Kier molecular flexibility index (Phi) is 3.16. The molecule has 6 nitrogen and oxygen atoms in total. The van der Waals surface area contributed by atoms with Gasteiger partial charge in [0.25, 0.3) is 5.91 Å². The van der Waals surface area contributed by atoms with Crippen LogP contribution in [-0.4, -0.2) is 22.6 Å². The number of nitrogens with zero attached hydrogens (tertiary/aromatic N) is 2. The number of allylic oxidation sites excluding steroid dienone is 1. The van der Waals surface area contributed by atoms with E-state index in [4.69, 9.17) is 14.7 Å². The normalized spacial score (nSPS) is 18.4. The first kappa shape index (κ1) is 14.2. The van der Waals surface area contributed by atoms with Gasteiger partial charge in [0.15, 0.2) is 11.7 Å². The number of carbonyl (C=O) groups is 1. The van der Waals surface area contributed by atoms with Crippen LogP contribution < -0.4 is 0 Å². The average Bonchev–Trinajstić information content (AvgIpc) is 3.19. The standard InChI is InChI=1S/C18H13N3O3/c1-11-9-16-20-18(22)14(17(19)21(16)24-11)10-13-7-8-15(23-13)12-5-3-2-4-6-12/h2-10,19H,1H3/b14-10+,19-17?. The van der Waals surface area contributed by atoms with Crippen LogP contribution in [0, 0.1) is 5.41 Å². The number of hydrogen-bond acceptors (Lipinski definition) is 4. The van der Waals surface area contributed by atoms with Gasteiger partial charge in [-0.25, -0.2) is 0 Å². The second kappa shape index (κ2) is 5.34. The van der Waals surface area contributed by atoms with Crippen LogP contribution in [0.2, 0.25) is 0 Å². The van der Waals surface area contributed by atoms with Crippen molar-refractivity contribution in [2.24, 2.45) is 4.99 Å². The van der Waals surface area contributed by atoms with Gasteiger partial charge in [-0.15, -0.1) is 5.06 Å². The Morgan fingerprint density at radius 2 is 1.96 bits per heavy atom. The number of carbonyl (C=O) groups excluding carboxylic acids is 1. The summed E-state index contributed by atoms with van der Waals surface area (Å²) in [5.74, 6) is 1.52. The summed E-state index contributed by atoms with van der Waals surface area (Å²) in [6, 6.07) is 13.2. The lowest BCUT2D eigenvalue weighted by Gasteiger charge is -2.22. The van der Waals surface area contributed by atoms with Crippen molar-refractivity contribution in [3.8, 4) is 11.3 Å². The minimum Gasteiger partial charge on any atom is -0.457 e. The van der Waals surface area contributed by atoms with Gasteiger partial charge >= 0.3 is 0 Å². The predicted molar refractivity (Wildman–Crippen MR) is 89.0 cm³/mol. The summed E-state index contributed by atoms with van der Waals surface area (Å²) < 4.78 is 5.76. The highest BCUT2D eigenvalue weighted by Crippen LogP contribution is 2.26. The van der Waals surface area contributed by atoms with Crippen LogP contribution in [0.15, 0.2) is 69.3 Å². The molecule has 1 N–H and O–H groups in total. The van der Waals surface area contributed by atoms with Gasteiger partial charge in [0.05, 0.1) is 5.57 Å². The quantitative estimate of drug-likeness (QED) is 0.860. The lowest BCUT2D eigenvalue weighted by molar-refractivity contribution is -0.114. The third kappa shape index (κ3) is 2.34. The molecule has 0 aliphatic carbocycles. The molecule has 1 aromatic heterocycles. The molecule has 2 aliphatic heterocycles. The Bertz CT molecular complexity index is 935. The number of amides is 1. The van der Waals surface area contributed by atoms with Crippen molar-refractivity contribution in [3.05, 3.63) is 65.6 Å². The number of amidine groups is 2. The third-order valence-corrected chi connectivity index (χ3v) is 3.65. The van der Waals surface area contributed by atoms with E-state index < -0.39 is 5.91 Å². The summed E-state index contributed by atoms with van der Waals surface area (Å²) in [6.07, 6.45) is 3.12. The van der Waals surface area contributed by atoms with E-state index in [2.05, 4.69) is 4.99 Å². The Labute approximate surface area is 137 Å². The molecule has 0 bridgehead atoms. The average molecular weight is 319 g/mol. The van der Waals surface area contributed by atoms with E-state index in [9.17, 15) is 4.79 Å². The topological polar surface area (TPSA) is 78.9 Å². The minimum atomic E-state index is -0.488. The van der Waals surface area contributed by atoms with Crippen LogP contribution in [0.4, 0.5) is 0 Å².